The Morgan fingerprint density at radius 1 is 1.09 bits per heavy atom. The zero-order chi connectivity index (χ0) is 15.9. The maximum atomic E-state index is 12.1. The van der Waals surface area contributed by atoms with Crippen LogP contribution in [0.15, 0.2) is 48.5 Å². The second-order valence-corrected chi connectivity index (χ2v) is 5.14. The molecule has 22 heavy (non-hydrogen) atoms. The van der Waals surface area contributed by atoms with E-state index in [9.17, 15) is 4.79 Å². The topological polar surface area (TPSA) is 47.6 Å². The van der Waals surface area contributed by atoms with E-state index in [0.29, 0.717) is 6.54 Å². The first-order valence-electron chi connectivity index (χ1n) is 6.82. The van der Waals surface area contributed by atoms with Crippen molar-refractivity contribution >= 4 is 17.5 Å². The average Bonchev–Trinajstić information content (AvgIpc) is 2.59. The van der Waals surface area contributed by atoms with Crippen LogP contribution in [-0.4, -0.2) is 20.1 Å². The van der Waals surface area contributed by atoms with Crippen LogP contribution < -0.4 is 14.8 Å². The van der Waals surface area contributed by atoms with Crippen LogP contribution in [0.3, 0.4) is 0 Å². The van der Waals surface area contributed by atoms with Gasteiger partial charge in [0.2, 0.25) is 5.91 Å². The summed E-state index contributed by atoms with van der Waals surface area (Å²) in [5, 5.41) is 2.08. The van der Waals surface area contributed by atoms with Gasteiger partial charge in [-0.05, 0) is 35.4 Å². The van der Waals surface area contributed by atoms with Gasteiger partial charge in [-0.15, -0.1) is 11.6 Å². The van der Waals surface area contributed by atoms with E-state index in [2.05, 4.69) is 5.32 Å². The fourth-order valence-corrected chi connectivity index (χ4v) is 2.21. The molecular weight excluding hydrogens is 302 g/mol. The van der Waals surface area contributed by atoms with Crippen LogP contribution >= 0.6 is 11.6 Å². The molecule has 0 saturated heterocycles. The van der Waals surface area contributed by atoms with Gasteiger partial charge in [-0.3, -0.25) is 4.79 Å². The van der Waals surface area contributed by atoms with Crippen molar-refractivity contribution in [2.75, 3.05) is 14.2 Å². The Balaban J connectivity index is 1.95. The Hall–Kier alpha value is -2.20. The number of halogens is 1. The van der Waals surface area contributed by atoms with Crippen LogP contribution in [0.5, 0.6) is 11.5 Å². The number of rotatable bonds is 6. The number of ether oxygens (including phenoxy) is 2. The minimum Gasteiger partial charge on any atom is -0.497 e. The second-order valence-electron chi connectivity index (χ2n) is 4.71. The zero-order valence-corrected chi connectivity index (χ0v) is 13.3. The lowest BCUT2D eigenvalue weighted by molar-refractivity contribution is -0.121. The Morgan fingerprint density at radius 2 is 1.77 bits per heavy atom. The summed E-state index contributed by atoms with van der Waals surface area (Å²) in [5.41, 5.74) is 1.68. The monoisotopic (exact) mass is 319 g/mol. The summed E-state index contributed by atoms with van der Waals surface area (Å²) < 4.78 is 10.2. The zero-order valence-electron chi connectivity index (χ0n) is 12.5. The summed E-state index contributed by atoms with van der Waals surface area (Å²) in [6, 6.07) is 14.6. The molecule has 2 rings (SSSR count). The van der Waals surface area contributed by atoms with Gasteiger partial charge in [0, 0.05) is 6.54 Å². The first kappa shape index (κ1) is 16.2. The number of benzene rings is 2. The van der Waals surface area contributed by atoms with Crippen molar-refractivity contribution in [3.63, 3.8) is 0 Å². The van der Waals surface area contributed by atoms with Gasteiger partial charge in [0.1, 0.15) is 16.9 Å². The van der Waals surface area contributed by atoms with Crippen LogP contribution in [0.25, 0.3) is 0 Å². The van der Waals surface area contributed by atoms with E-state index in [4.69, 9.17) is 21.1 Å². The number of carbonyl (C=O) groups is 1. The van der Waals surface area contributed by atoms with E-state index in [1.165, 1.54) is 0 Å². The smallest absolute Gasteiger partial charge is 0.242 e. The minimum absolute atomic E-state index is 0.241. The summed E-state index contributed by atoms with van der Waals surface area (Å²) in [4.78, 5) is 12.1. The second kappa shape index (κ2) is 7.71. The lowest BCUT2D eigenvalue weighted by Crippen LogP contribution is -2.26. The largest absolute Gasteiger partial charge is 0.497 e. The van der Waals surface area contributed by atoms with Gasteiger partial charge in [-0.25, -0.2) is 0 Å². The quantitative estimate of drug-likeness (QED) is 0.831. The van der Waals surface area contributed by atoms with Gasteiger partial charge in [-0.1, -0.05) is 24.3 Å². The normalized spacial score (nSPS) is 11.6. The first-order chi connectivity index (χ1) is 10.6. The molecule has 1 amide bonds. The molecule has 1 N–H and O–H groups in total. The third-order valence-electron chi connectivity index (χ3n) is 3.24. The molecule has 0 aromatic heterocycles. The summed E-state index contributed by atoms with van der Waals surface area (Å²) in [6.07, 6.45) is 0. The summed E-state index contributed by atoms with van der Waals surface area (Å²) in [5.74, 6) is 1.24. The number of hydrogen-bond donors (Lipinski definition) is 1. The van der Waals surface area contributed by atoms with Gasteiger partial charge >= 0.3 is 0 Å². The molecule has 0 aliphatic carbocycles. The fourth-order valence-electron chi connectivity index (χ4n) is 1.99. The predicted molar refractivity (Wildman–Crippen MR) is 86.4 cm³/mol. The number of hydrogen-bond acceptors (Lipinski definition) is 3. The van der Waals surface area contributed by atoms with E-state index in [-0.39, 0.29) is 5.91 Å². The molecule has 0 spiro atoms. The third kappa shape index (κ3) is 4.15. The summed E-state index contributed by atoms with van der Waals surface area (Å²) >= 11 is 6.20. The molecule has 4 nitrogen and oxygen atoms in total. The molecule has 1 atom stereocenters. The molecule has 1 unspecified atom stereocenters. The van der Waals surface area contributed by atoms with Crippen LogP contribution in [-0.2, 0) is 11.3 Å². The Labute approximate surface area is 135 Å². The first-order valence-corrected chi connectivity index (χ1v) is 7.26. The van der Waals surface area contributed by atoms with Crippen molar-refractivity contribution < 1.29 is 14.3 Å². The molecule has 0 radical (unpaired) electrons. The molecule has 0 bridgehead atoms. The molecule has 0 aliphatic rings. The van der Waals surface area contributed by atoms with Crippen molar-refractivity contribution in [3.8, 4) is 11.5 Å². The number of nitrogens with one attached hydrogen (secondary N) is 1. The van der Waals surface area contributed by atoms with Crippen LogP contribution in [0, 0.1) is 0 Å². The van der Waals surface area contributed by atoms with Crippen LogP contribution in [0.4, 0.5) is 0 Å². The Kier molecular flexibility index (Phi) is 5.67. The third-order valence-corrected chi connectivity index (χ3v) is 3.69. The molecule has 2 aromatic carbocycles. The van der Waals surface area contributed by atoms with E-state index < -0.39 is 5.38 Å². The molecular formula is C17H18ClNO3. The predicted octanol–water partition coefficient (Wildman–Crippen LogP) is 3.30. The number of methoxy groups -OCH3 is 2. The molecule has 2 aromatic rings. The Bertz CT molecular complexity index is 628. The van der Waals surface area contributed by atoms with Crippen LogP contribution in [0.1, 0.15) is 16.5 Å². The molecule has 0 fully saturated rings. The standard InChI is InChI=1S/C17H18ClNO3/c1-21-14-8-6-13(7-9-14)16(18)17(20)19-11-12-4-3-5-15(10-12)22-2/h3-10,16H,11H2,1-2H3,(H,19,20). The van der Waals surface area contributed by atoms with Crippen molar-refractivity contribution in [2.24, 2.45) is 0 Å². The average molecular weight is 320 g/mol. The highest BCUT2D eigenvalue weighted by Gasteiger charge is 2.17. The van der Waals surface area contributed by atoms with E-state index in [0.717, 1.165) is 22.6 Å². The van der Waals surface area contributed by atoms with E-state index in [1.54, 1.807) is 38.5 Å². The fraction of sp³-hybridized carbons (Fsp3) is 0.235. The number of carbonyl (C=O) groups excluding carboxylic acids is 1. The maximum Gasteiger partial charge on any atom is 0.242 e. The van der Waals surface area contributed by atoms with Gasteiger partial charge in [0.15, 0.2) is 0 Å². The van der Waals surface area contributed by atoms with Crippen molar-refractivity contribution in [3.05, 3.63) is 59.7 Å². The van der Waals surface area contributed by atoms with E-state index >= 15 is 0 Å². The van der Waals surface area contributed by atoms with Crippen molar-refractivity contribution in [1.29, 1.82) is 0 Å². The Morgan fingerprint density at radius 3 is 2.41 bits per heavy atom. The summed E-state index contributed by atoms with van der Waals surface area (Å²) in [6.45, 7) is 0.398. The number of alkyl halides is 1. The molecule has 0 aliphatic heterocycles. The van der Waals surface area contributed by atoms with Gasteiger partial charge in [-0.2, -0.15) is 0 Å². The summed E-state index contributed by atoms with van der Waals surface area (Å²) in [7, 11) is 3.20. The molecule has 0 heterocycles. The van der Waals surface area contributed by atoms with Gasteiger partial charge < -0.3 is 14.8 Å². The SMILES string of the molecule is COc1ccc(C(Cl)C(=O)NCc2cccc(OC)c2)cc1. The number of amides is 1. The van der Waals surface area contributed by atoms with Gasteiger partial charge in [0.25, 0.3) is 0 Å². The highest BCUT2D eigenvalue weighted by atomic mass is 35.5. The van der Waals surface area contributed by atoms with E-state index in [1.807, 2.05) is 24.3 Å². The highest BCUT2D eigenvalue weighted by molar-refractivity contribution is 6.30. The highest BCUT2D eigenvalue weighted by Crippen LogP contribution is 2.23. The molecule has 5 heteroatoms. The lowest BCUT2D eigenvalue weighted by Gasteiger charge is -2.12. The van der Waals surface area contributed by atoms with Crippen molar-refractivity contribution in [2.45, 2.75) is 11.9 Å². The maximum absolute atomic E-state index is 12.1. The minimum atomic E-state index is -0.739. The molecule has 116 valence electrons. The van der Waals surface area contributed by atoms with Crippen molar-refractivity contribution in [1.82, 2.24) is 5.32 Å². The lowest BCUT2D eigenvalue weighted by atomic mass is 10.1. The molecule has 0 saturated carbocycles. The van der Waals surface area contributed by atoms with Crippen LogP contribution in [0.2, 0.25) is 0 Å². The van der Waals surface area contributed by atoms with Gasteiger partial charge in [0.05, 0.1) is 14.2 Å².